The van der Waals surface area contributed by atoms with Gasteiger partial charge >= 0.3 is 0 Å². The topological polar surface area (TPSA) is 67.2 Å². The van der Waals surface area contributed by atoms with Crippen molar-refractivity contribution in [2.45, 2.75) is 13.8 Å². The molecule has 0 atom stereocenters. The Balaban J connectivity index is 2.50. The van der Waals surface area contributed by atoms with E-state index in [1.807, 2.05) is 0 Å². The van der Waals surface area contributed by atoms with Crippen LogP contribution >= 0.6 is 0 Å². The normalized spacial score (nSPS) is 10.7. The molecule has 0 aromatic carbocycles. The third-order valence-corrected chi connectivity index (χ3v) is 2.80. The molecule has 6 nitrogen and oxygen atoms in total. The Bertz CT molecular complexity index is 452. The highest BCUT2D eigenvalue weighted by atomic mass is 16.2. The van der Waals surface area contributed by atoms with E-state index in [-0.39, 0.29) is 17.2 Å². The van der Waals surface area contributed by atoms with Crippen LogP contribution in [0.4, 0.5) is 0 Å². The van der Waals surface area contributed by atoms with Crippen LogP contribution in [0.5, 0.6) is 0 Å². The average Bonchev–Trinajstić information content (AvgIpc) is 2.37. The summed E-state index contributed by atoms with van der Waals surface area (Å²) in [6, 6.07) is 2.78. The van der Waals surface area contributed by atoms with E-state index in [0.29, 0.717) is 6.54 Å². The maximum atomic E-state index is 11.8. The Hall–Kier alpha value is -1.69. The summed E-state index contributed by atoms with van der Waals surface area (Å²) in [6.45, 7) is 7.48. The SMILES string of the molecule is CCN(CC)CCNC(=O)c1ccc(=O)n(C)n1. The molecule has 1 amide bonds. The van der Waals surface area contributed by atoms with Gasteiger partial charge in [0.15, 0.2) is 0 Å². The molecule has 0 aliphatic rings. The molecule has 1 rings (SSSR count). The molecule has 100 valence electrons. The van der Waals surface area contributed by atoms with Crippen LogP contribution in [0.15, 0.2) is 16.9 Å². The summed E-state index contributed by atoms with van der Waals surface area (Å²) in [4.78, 5) is 25.1. The zero-order valence-corrected chi connectivity index (χ0v) is 11.1. The van der Waals surface area contributed by atoms with E-state index in [1.165, 1.54) is 19.2 Å². The first-order valence-electron chi connectivity index (χ1n) is 6.13. The van der Waals surface area contributed by atoms with Crippen molar-refractivity contribution in [1.82, 2.24) is 20.0 Å². The van der Waals surface area contributed by atoms with Crippen LogP contribution < -0.4 is 10.9 Å². The fraction of sp³-hybridized carbons (Fsp3) is 0.583. The van der Waals surface area contributed by atoms with Crippen LogP contribution in [-0.4, -0.2) is 46.8 Å². The lowest BCUT2D eigenvalue weighted by atomic mass is 10.3. The van der Waals surface area contributed by atoms with E-state index in [0.717, 1.165) is 24.3 Å². The molecule has 1 heterocycles. The predicted molar refractivity (Wildman–Crippen MR) is 69.6 cm³/mol. The minimum atomic E-state index is -0.252. The minimum Gasteiger partial charge on any atom is -0.349 e. The van der Waals surface area contributed by atoms with E-state index in [9.17, 15) is 9.59 Å². The van der Waals surface area contributed by atoms with Gasteiger partial charge in [-0.25, -0.2) is 4.68 Å². The zero-order chi connectivity index (χ0) is 13.5. The summed E-state index contributed by atoms with van der Waals surface area (Å²) in [5.74, 6) is -0.252. The maximum Gasteiger partial charge on any atom is 0.271 e. The standard InChI is InChI=1S/C12H20N4O2/c1-4-16(5-2)9-8-13-12(18)10-6-7-11(17)15(3)14-10/h6-7H,4-5,8-9H2,1-3H3,(H,13,18). The van der Waals surface area contributed by atoms with Crippen molar-refractivity contribution in [3.05, 3.63) is 28.2 Å². The molecule has 0 saturated carbocycles. The smallest absolute Gasteiger partial charge is 0.271 e. The van der Waals surface area contributed by atoms with Gasteiger partial charge in [0.25, 0.3) is 11.5 Å². The molecular weight excluding hydrogens is 232 g/mol. The third kappa shape index (κ3) is 3.96. The van der Waals surface area contributed by atoms with Crippen LogP contribution in [0.3, 0.4) is 0 Å². The van der Waals surface area contributed by atoms with Gasteiger partial charge in [-0.1, -0.05) is 13.8 Å². The van der Waals surface area contributed by atoms with Crippen molar-refractivity contribution >= 4 is 5.91 Å². The van der Waals surface area contributed by atoms with Gasteiger partial charge in [-0.2, -0.15) is 5.10 Å². The average molecular weight is 252 g/mol. The molecule has 0 saturated heterocycles. The van der Waals surface area contributed by atoms with Gasteiger partial charge in [0.1, 0.15) is 5.69 Å². The van der Waals surface area contributed by atoms with Gasteiger partial charge in [0.05, 0.1) is 0 Å². The van der Waals surface area contributed by atoms with Crippen molar-refractivity contribution in [3.63, 3.8) is 0 Å². The molecule has 0 unspecified atom stereocenters. The first kappa shape index (κ1) is 14.4. The van der Waals surface area contributed by atoms with Gasteiger partial charge in [-0.3, -0.25) is 9.59 Å². The molecule has 1 N–H and O–H groups in total. The number of likely N-dealkylation sites (N-methyl/N-ethyl adjacent to an activating group) is 1. The molecule has 0 aliphatic carbocycles. The molecule has 0 spiro atoms. The predicted octanol–water partition coefficient (Wildman–Crippen LogP) is -0.148. The summed E-state index contributed by atoms with van der Waals surface area (Å²) < 4.78 is 1.15. The molecule has 1 aromatic heterocycles. The van der Waals surface area contributed by atoms with Crippen molar-refractivity contribution in [1.29, 1.82) is 0 Å². The molecule has 1 aromatic rings. The lowest BCUT2D eigenvalue weighted by Crippen LogP contribution is -2.35. The number of nitrogens with one attached hydrogen (secondary N) is 1. The van der Waals surface area contributed by atoms with Gasteiger partial charge in [-0.15, -0.1) is 0 Å². The van der Waals surface area contributed by atoms with E-state index >= 15 is 0 Å². The zero-order valence-electron chi connectivity index (χ0n) is 11.1. The monoisotopic (exact) mass is 252 g/mol. The molecule has 0 fully saturated rings. The second-order valence-corrected chi connectivity index (χ2v) is 3.96. The van der Waals surface area contributed by atoms with E-state index in [4.69, 9.17) is 0 Å². The molecular formula is C12H20N4O2. The van der Waals surface area contributed by atoms with Crippen molar-refractivity contribution < 1.29 is 4.79 Å². The third-order valence-electron chi connectivity index (χ3n) is 2.80. The molecule has 18 heavy (non-hydrogen) atoms. The fourth-order valence-electron chi connectivity index (χ4n) is 1.58. The summed E-state index contributed by atoms with van der Waals surface area (Å²) in [7, 11) is 1.52. The number of carbonyl (C=O) groups excluding carboxylic acids is 1. The Morgan fingerprint density at radius 1 is 1.39 bits per heavy atom. The number of aromatic nitrogens is 2. The second kappa shape index (κ2) is 6.90. The number of hydrogen-bond acceptors (Lipinski definition) is 4. The molecule has 0 aliphatic heterocycles. The number of aryl methyl sites for hydroxylation is 1. The van der Waals surface area contributed by atoms with Gasteiger partial charge in [0, 0.05) is 26.2 Å². The Morgan fingerprint density at radius 2 is 2.06 bits per heavy atom. The Morgan fingerprint density at radius 3 is 2.61 bits per heavy atom. The van der Waals surface area contributed by atoms with E-state index in [1.54, 1.807) is 0 Å². The van der Waals surface area contributed by atoms with E-state index in [2.05, 4.69) is 29.2 Å². The van der Waals surface area contributed by atoms with Gasteiger partial charge in [0.2, 0.25) is 0 Å². The van der Waals surface area contributed by atoms with Crippen LogP contribution in [0.1, 0.15) is 24.3 Å². The highest BCUT2D eigenvalue weighted by Crippen LogP contribution is 1.90. The first-order valence-corrected chi connectivity index (χ1v) is 6.13. The van der Waals surface area contributed by atoms with Crippen molar-refractivity contribution in [3.8, 4) is 0 Å². The minimum absolute atomic E-state index is 0.227. The van der Waals surface area contributed by atoms with Crippen LogP contribution in [0.25, 0.3) is 0 Å². The van der Waals surface area contributed by atoms with Crippen LogP contribution in [-0.2, 0) is 7.05 Å². The summed E-state index contributed by atoms with van der Waals surface area (Å²) >= 11 is 0. The molecule has 0 radical (unpaired) electrons. The number of nitrogens with zero attached hydrogens (tertiary/aromatic N) is 3. The highest BCUT2D eigenvalue weighted by molar-refractivity contribution is 5.91. The highest BCUT2D eigenvalue weighted by Gasteiger charge is 2.08. The fourth-order valence-corrected chi connectivity index (χ4v) is 1.58. The summed E-state index contributed by atoms with van der Waals surface area (Å²) in [6.07, 6.45) is 0. The van der Waals surface area contributed by atoms with Crippen molar-refractivity contribution in [2.24, 2.45) is 7.05 Å². The largest absolute Gasteiger partial charge is 0.349 e. The summed E-state index contributed by atoms with van der Waals surface area (Å²) in [5.41, 5.74) is 0.0336. The Labute approximate surface area is 107 Å². The lowest BCUT2D eigenvalue weighted by Gasteiger charge is -2.17. The lowest BCUT2D eigenvalue weighted by molar-refractivity contribution is 0.0941. The molecule has 6 heteroatoms. The quantitative estimate of drug-likeness (QED) is 0.764. The maximum absolute atomic E-state index is 11.8. The number of hydrogen-bond donors (Lipinski definition) is 1. The first-order chi connectivity index (χ1) is 8.58. The number of carbonyl (C=O) groups is 1. The second-order valence-electron chi connectivity index (χ2n) is 3.96. The van der Waals surface area contributed by atoms with Crippen molar-refractivity contribution in [2.75, 3.05) is 26.2 Å². The number of amides is 1. The van der Waals surface area contributed by atoms with Crippen LogP contribution in [0, 0.1) is 0 Å². The van der Waals surface area contributed by atoms with Gasteiger partial charge < -0.3 is 10.2 Å². The van der Waals surface area contributed by atoms with Crippen LogP contribution in [0.2, 0.25) is 0 Å². The Kier molecular flexibility index (Phi) is 5.51. The summed E-state index contributed by atoms with van der Waals surface area (Å²) in [5, 5.41) is 6.68. The molecule has 0 bridgehead atoms. The number of rotatable bonds is 6. The van der Waals surface area contributed by atoms with E-state index < -0.39 is 0 Å². The van der Waals surface area contributed by atoms with Gasteiger partial charge in [-0.05, 0) is 19.2 Å².